The lowest BCUT2D eigenvalue weighted by Crippen LogP contribution is -2.08. The van der Waals surface area contributed by atoms with Crippen LogP contribution in [-0.2, 0) is 0 Å². The molecule has 1 saturated carbocycles. The Kier molecular flexibility index (Phi) is 5.02. The minimum atomic E-state index is 0.365. The topological polar surface area (TPSA) is 25.8 Å². The quantitative estimate of drug-likeness (QED) is 0.531. The zero-order valence-corrected chi connectivity index (χ0v) is 13.4. The predicted octanol–water partition coefficient (Wildman–Crippen LogP) is 5.45. The fraction of sp³-hybridized carbons (Fsp3) is 0.714. The summed E-state index contributed by atoms with van der Waals surface area (Å²) in [7, 11) is 0. The van der Waals surface area contributed by atoms with Gasteiger partial charge in [-0.1, -0.05) is 51.1 Å². The molecule has 4 heteroatoms. The van der Waals surface area contributed by atoms with Crippen molar-refractivity contribution in [2.45, 2.75) is 64.2 Å². The van der Waals surface area contributed by atoms with Gasteiger partial charge in [-0.25, -0.2) is 9.97 Å². The second-order valence-electron chi connectivity index (χ2n) is 5.42. The normalized spacial score (nSPS) is 18.1. The van der Waals surface area contributed by atoms with Gasteiger partial charge >= 0.3 is 0 Å². The van der Waals surface area contributed by atoms with Crippen LogP contribution in [0.5, 0.6) is 0 Å². The van der Waals surface area contributed by atoms with E-state index in [-0.39, 0.29) is 0 Å². The molecule has 2 nitrogen and oxygen atoms in total. The van der Waals surface area contributed by atoms with Gasteiger partial charge in [0.15, 0.2) is 0 Å². The first-order valence-corrected chi connectivity index (χ1v) is 7.99. The van der Waals surface area contributed by atoms with Crippen LogP contribution in [0.2, 0.25) is 5.15 Å². The van der Waals surface area contributed by atoms with Gasteiger partial charge in [0.05, 0.1) is 10.2 Å². The first kappa shape index (κ1) is 14.3. The third-order valence-electron chi connectivity index (χ3n) is 3.62. The molecule has 1 aromatic rings. The van der Waals surface area contributed by atoms with Gasteiger partial charge in [0.25, 0.3) is 0 Å². The summed E-state index contributed by atoms with van der Waals surface area (Å²) in [6, 6.07) is 0. The van der Waals surface area contributed by atoms with Gasteiger partial charge in [0.1, 0.15) is 11.0 Å². The van der Waals surface area contributed by atoms with Crippen molar-refractivity contribution in [1.29, 1.82) is 0 Å². The Balaban J connectivity index is 2.32. The van der Waals surface area contributed by atoms with E-state index < -0.39 is 0 Å². The van der Waals surface area contributed by atoms with Crippen molar-refractivity contribution in [2.75, 3.05) is 0 Å². The molecule has 0 amide bonds. The maximum absolute atomic E-state index is 6.23. The number of nitrogens with zero attached hydrogens (tertiary/aromatic N) is 2. The lowest BCUT2D eigenvalue weighted by atomic mass is 9.99. The summed E-state index contributed by atoms with van der Waals surface area (Å²) in [6.45, 7) is 4.28. The van der Waals surface area contributed by atoms with Gasteiger partial charge in [-0.05, 0) is 34.7 Å². The second-order valence-corrected chi connectivity index (χ2v) is 6.57. The van der Waals surface area contributed by atoms with Gasteiger partial charge in [-0.2, -0.15) is 0 Å². The van der Waals surface area contributed by atoms with E-state index in [2.05, 4.69) is 34.8 Å². The molecule has 100 valence electrons. The van der Waals surface area contributed by atoms with E-state index in [0.717, 1.165) is 16.0 Å². The molecule has 0 aromatic carbocycles. The van der Waals surface area contributed by atoms with Crippen molar-refractivity contribution in [3.63, 3.8) is 0 Å². The number of hydrogen-bond acceptors (Lipinski definition) is 2. The molecular weight excluding hydrogens is 312 g/mol. The third-order valence-corrected chi connectivity index (χ3v) is 4.90. The van der Waals surface area contributed by atoms with E-state index in [4.69, 9.17) is 16.6 Å². The average molecular weight is 332 g/mol. The molecule has 18 heavy (non-hydrogen) atoms. The van der Waals surface area contributed by atoms with Crippen LogP contribution in [0.15, 0.2) is 4.47 Å². The highest BCUT2D eigenvalue weighted by molar-refractivity contribution is 9.10. The Morgan fingerprint density at radius 1 is 1.11 bits per heavy atom. The van der Waals surface area contributed by atoms with Gasteiger partial charge in [0.2, 0.25) is 0 Å². The van der Waals surface area contributed by atoms with Gasteiger partial charge in [-0.3, -0.25) is 0 Å². The Bertz CT molecular complexity index is 413. The zero-order chi connectivity index (χ0) is 13.1. The minimum Gasteiger partial charge on any atom is -0.236 e. The van der Waals surface area contributed by atoms with Crippen LogP contribution in [0.25, 0.3) is 0 Å². The molecule has 0 atom stereocenters. The van der Waals surface area contributed by atoms with E-state index >= 15 is 0 Å². The van der Waals surface area contributed by atoms with Crippen molar-refractivity contribution in [1.82, 2.24) is 9.97 Å². The standard InChI is InChI=1S/C14H20BrClN2/c1-9(2)12-11(15)13(16)18-14(17-12)10-7-5-3-4-6-8-10/h9-10H,3-8H2,1-2H3. The maximum atomic E-state index is 6.23. The molecular formula is C14H20BrClN2. The van der Waals surface area contributed by atoms with E-state index in [9.17, 15) is 0 Å². The van der Waals surface area contributed by atoms with Crippen LogP contribution < -0.4 is 0 Å². The van der Waals surface area contributed by atoms with E-state index in [1.807, 2.05) is 0 Å². The fourth-order valence-electron chi connectivity index (χ4n) is 2.56. The summed E-state index contributed by atoms with van der Waals surface area (Å²) in [5, 5.41) is 0.563. The molecule has 0 bridgehead atoms. The summed E-state index contributed by atoms with van der Waals surface area (Å²) in [5.74, 6) is 1.81. The molecule has 0 aliphatic heterocycles. The lowest BCUT2D eigenvalue weighted by Gasteiger charge is -2.16. The average Bonchev–Trinajstić information content (AvgIpc) is 2.60. The summed E-state index contributed by atoms with van der Waals surface area (Å²) in [4.78, 5) is 9.24. The van der Waals surface area contributed by atoms with Crippen LogP contribution in [0, 0.1) is 0 Å². The van der Waals surface area contributed by atoms with E-state index in [0.29, 0.717) is 17.0 Å². The number of aromatic nitrogens is 2. The van der Waals surface area contributed by atoms with Gasteiger partial charge in [0, 0.05) is 5.92 Å². The molecule has 1 aliphatic carbocycles. The van der Waals surface area contributed by atoms with Crippen LogP contribution in [0.3, 0.4) is 0 Å². The first-order valence-electron chi connectivity index (χ1n) is 6.82. The monoisotopic (exact) mass is 330 g/mol. The molecule has 0 N–H and O–H groups in total. The van der Waals surface area contributed by atoms with Crippen molar-refractivity contribution >= 4 is 27.5 Å². The van der Waals surface area contributed by atoms with Gasteiger partial charge in [-0.15, -0.1) is 0 Å². The first-order chi connectivity index (χ1) is 8.59. The van der Waals surface area contributed by atoms with Crippen LogP contribution in [-0.4, -0.2) is 9.97 Å². The number of halogens is 2. The molecule has 0 radical (unpaired) electrons. The van der Waals surface area contributed by atoms with E-state index in [1.54, 1.807) is 0 Å². The van der Waals surface area contributed by atoms with Crippen LogP contribution in [0.1, 0.15) is 75.7 Å². The SMILES string of the molecule is CC(C)c1nc(C2CCCCCC2)nc(Cl)c1Br. The third kappa shape index (κ3) is 3.24. The van der Waals surface area contributed by atoms with E-state index in [1.165, 1.54) is 38.5 Å². The second kappa shape index (κ2) is 6.33. The predicted molar refractivity (Wildman–Crippen MR) is 79.3 cm³/mol. The minimum absolute atomic E-state index is 0.365. The van der Waals surface area contributed by atoms with Crippen molar-refractivity contribution in [3.8, 4) is 0 Å². The summed E-state index contributed by atoms with van der Waals surface area (Å²) in [6.07, 6.45) is 7.68. The Labute approximate surface area is 123 Å². The highest BCUT2D eigenvalue weighted by Gasteiger charge is 2.21. The molecule has 1 heterocycles. The molecule has 1 fully saturated rings. The van der Waals surface area contributed by atoms with Crippen molar-refractivity contribution < 1.29 is 0 Å². The highest BCUT2D eigenvalue weighted by Crippen LogP contribution is 2.34. The molecule has 0 saturated heterocycles. The molecule has 0 unspecified atom stereocenters. The smallest absolute Gasteiger partial charge is 0.147 e. The van der Waals surface area contributed by atoms with Gasteiger partial charge < -0.3 is 0 Å². The molecule has 1 aromatic heterocycles. The zero-order valence-electron chi connectivity index (χ0n) is 11.0. The van der Waals surface area contributed by atoms with Crippen LogP contribution in [0.4, 0.5) is 0 Å². The number of hydrogen-bond donors (Lipinski definition) is 0. The Morgan fingerprint density at radius 2 is 1.72 bits per heavy atom. The molecule has 2 rings (SSSR count). The van der Waals surface area contributed by atoms with Crippen molar-refractivity contribution in [3.05, 3.63) is 21.1 Å². The van der Waals surface area contributed by atoms with Crippen molar-refractivity contribution in [2.24, 2.45) is 0 Å². The maximum Gasteiger partial charge on any atom is 0.147 e. The highest BCUT2D eigenvalue weighted by atomic mass is 79.9. The Morgan fingerprint density at radius 3 is 2.28 bits per heavy atom. The summed E-state index contributed by atoms with van der Waals surface area (Å²) in [5.41, 5.74) is 1.04. The molecule has 1 aliphatic rings. The fourth-order valence-corrected chi connectivity index (χ4v) is 3.37. The lowest BCUT2D eigenvalue weighted by molar-refractivity contribution is 0.554. The Hall–Kier alpha value is -0.150. The molecule has 0 spiro atoms. The number of rotatable bonds is 2. The van der Waals surface area contributed by atoms with Crippen LogP contribution >= 0.6 is 27.5 Å². The summed E-state index contributed by atoms with van der Waals surface area (Å²) < 4.78 is 0.858. The largest absolute Gasteiger partial charge is 0.236 e. The summed E-state index contributed by atoms with van der Waals surface area (Å²) >= 11 is 9.72.